The number of aryl methyl sites for hydroxylation is 1. The summed E-state index contributed by atoms with van der Waals surface area (Å²) in [5, 5.41) is 18.1. The van der Waals surface area contributed by atoms with Crippen molar-refractivity contribution in [1.29, 1.82) is 5.26 Å². The fourth-order valence-corrected chi connectivity index (χ4v) is 3.05. The van der Waals surface area contributed by atoms with Crippen LogP contribution in [0.25, 0.3) is 16.6 Å². The molecule has 25 heavy (non-hydrogen) atoms. The molecule has 0 aliphatic rings. The molecule has 2 aromatic carbocycles. The molecule has 4 rings (SSSR count). The summed E-state index contributed by atoms with van der Waals surface area (Å²) in [5.74, 6) is 0.817. The Hall–Kier alpha value is -3.39. The number of nitriles is 1. The van der Waals surface area contributed by atoms with Gasteiger partial charge in [-0.3, -0.25) is 0 Å². The summed E-state index contributed by atoms with van der Waals surface area (Å²) >= 11 is 0. The van der Waals surface area contributed by atoms with Gasteiger partial charge in [-0.2, -0.15) is 10.4 Å². The maximum absolute atomic E-state index is 9.10. The molecule has 1 unspecified atom stereocenters. The quantitative estimate of drug-likeness (QED) is 0.611. The fourth-order valence-electron chi connectivity index (χ4n) is 3.05. The maximum Gasteiger partial charge on any atom is 0.158 e. The van der Waals surface area contributed by atoms with Crippen molar-refractivity contribution >= 4 is 22.4 Å². The molecule has 0 spiro atoms. The second-order valence-electron chi connectivity index (χ2n) is 6.14. The maximum atomic E-state index is 9.10. The summed E-state index contributed by atoms with van der Waals surface area (Å²) in [5.41, 5.74) is 4.47. The second kappa shape index (κ2) is 5.91. The van der Waals surface area contributed by atoms with Gasteiger partial charge < -0.3 is 5.32 Å². The van der Waals surface area contributed by atoms with Crippen molar-refractivity contribution in [2.24, 2.45) is 0 Å². The molecule has 4 aromatic rings. The molecule has 0 saturated carbocycles. The number of aromatic nitrogens is 3. The van der Waals surface area contributed by atoms with Gasteiger partial charge in [0.2, 0.25) is 0 Å². The normalized spacial score (nSPS) is 12.2. The van der Waals surface area contributed by atoms with Gasteiger partial charge in [-0.1, -0.05) is 24.3 Å². The minimum absolute atomic E-state index is 0.0238. The van der Waals surface area contributed by atoms with E-state index >= 15 is 0 Å². The first-order valence-electron chi connectivity index (χ1n) is 8.17. The zero-order chi connectivity index (χ0) is 17.4. The summed E-state index contributed by atoms with van der Waals surface area (Å²) in [6, 6.07) is 19.9. The molecule has 5 nitrogen and oxygen atoms in total. The third-order valence-electron chi connectivity index (χ3n) is 4.30. The Morgan fingerprint density at radius 3 is 2.80 bits per heavy atom. The van der Waals surface area contributed by atoms with Gasteiger partial charge in [-0.25, -0.2) is 9.50 Å². The van der Waals surface area contributed by atoms with E-state index in [9.17, 15) is 0 Å². The van der Waals surface area contributed by atoms with Crippen LogP contribution in [0.4, 0.5) is 5.82 Å². The molecule has 0 bridgehead atoms. The molecule has 2 aromatic heterocycles. The molecular formula is C20H17N5. The molecule has 1 N–H and O–H groups in total. The Morgan fingerprint density at radius 1 is 1.12 bits per heavy atom. The fraction of sp³-hybridized carbons (Fsp3) is 0.150. The van der Waals surface area contributed by atoms with Crippen molar-refractivity contribution in [2.45, 2.75) is 19.9 Å². The number of nitrogens with one attached hydrogen (secondary N) is 1. The summed E-state index contributed by atoms with van der Waals surface area (Å²) in [6.45, 7) is 4.03. The minimum atomic E-state index is 0.0238. The van der Waals surface area contributed by atoms with Crippen molar-refractivity contribution in [2.75, 3.05) is 5.32 Å². The Kier molecular flexibility index (Phi) is 3.58. The summed E-state index contributed by atoms with van der Waals surface area (Å²) < 4.78 is 1.87. The number of hydrogen-bond acceptors (Lipinski definition) is 4. The first-order valence-corrected chi connectivity index (χ1v) is 8.17. The summed E-state index contributed by atoms with van der Waals surface area (Å²) in [6.07, 6.45) is 0. The third kappa shape index (κ3) is 2.68. The molecule has 1 atom stereocenters. The molecule has 0 amide bonds. The molecule has 0 fully saturated rings. The smallest absolute Gasteiger partial charge is 0.158 e. The highest BCUT2D eigenvalue weighted by Gasteiger charge is 2.13. The summed E-state index contributed by atoms with van der Waals surface area (Å²) in [7, 11) is 0. The predicted octanol–water partition coefficient (Wildman–Crippen LogP) is 4.24. The van der Waals surface area contributed by atoms with E-state index in [0.29, 0.717) is 5.56 Å². The van der Waals surface area contributed by atoms with Crippen LogP contribution in [0.2, 0.25) is 0 Å². The second-order valence-corrected chi connectivity index (χ2v) is 6.14. The number of fused-ring (bicyclic) bond motifs is 3. The van der Waals surface area contributed by atoms with Gasteiger partial charge in [0.05, 0.1) is 28.9 Å². The standard InChI is InChI=1S/C20H17N5/c1-13-10-19-23-20(17-8-3-4-9-18(17)25(19)24-13)22-14(2)16-7-5-6-15(11-16)12-21/h3-11,14H,1-2H3,(H,22,23). The number of rotatable bonds is 3. The predicted molar refractivity (Wildman–Crippen MR) is 98.4 cm³/mol. The zero-order valence-electron chi connectivity index (χ0n) is 14.1. The highest BCUT2D eigenvalue weighted by molar-refractivity contribution is 5.91. The van der Waals surface area contributed by atoms with Crippen LogP contribution in [0, 0.1) is 18.3 Å². The monoisotopic (exact) mass is 327 g/mol. The van der Waals surface area contributed by atoms with Crippen LogP contribution >= 0.6 is 0 Å². The van der Waals surface area contributed by atoms with Gasteiger partial charge in [-0.15, -0.1) is 0 Å². The zero-order valence-corrected chi connectivity index (χ0v) is 14.1. The SMILES string of the molecule is Cc1cc2nc(NC(C)c3cccc(C#N)c3)c3ccccc3n2n1. The van der Waals surface area contributed by atoms with E-state index in [2.05, 4.69) is 23.4 Å². The van der Waals surface area contributed by atoms with Gasteiger partial charge in [0, 0.05) is 11.5 Å². The van der Waals surface area contributed by atoms with Gasteiger partial charge in [0.25, 0.3) is 0 Å². The first kappa shape index (κ1) is 15.2. The molecule has 0 radical (unpaired) electrons. The molecule has 0 aliphatic carbocycles. The molecule has 2 heterocycles. The molecule has 5 heteroatoms. The average Bonchev–Trinajstić information content (AvgIpc) is 3.02. The molecule has 122 valence electrons. The van der Waals surface area contributed by atoms with Gasteiger partial charge in [-0.05, 0) is 43.7 Å². The van der Waals surface area contributed by atoms with E-state index in [1.54, 1.807) is 0 Å². The lowest BCUT2D eigenvalue weighted by Gasteiger charge is -2.17. The Labute approximate surface area is 145 Å². The minimum Gasteiger partial charge on any atom is -0.363 e. The van der Waals surface area contributed by atoms with Crippen molar-refractivity contribution in [3.05, 3.63) is 71.4 Å². The Morgan fingerprint density at radius 2 is 1.96 bits per heavy atom. The van der Waals surface area contributed by atoms with E-state index in [-0.39, 0.29) is 6.04 Å². The molecular weight excluding hydrogens is 310 g/mol. The first-order chi connectivity index (χ1) is 12.2. The van der Waals surface area contributed by atoms with E-state index in [1.807, 2.05) is 66.0 Å². The van der Waals surface area contributed by atoms with Crippen LogP contribution in [0.15, 0.2) is 54.6 Å². The number of anilines is 1. The van der Waals surface area contributed by atoms with Crippen molar-refractivity contribution in [3.8, 4) is 6.07 Å². The Bertz CT molecular complexity index is 1120. The van der Waals surface area contributed by atoms with Gasteiger partial charge >= 0.3 is 0 Å². The highest BCUT2D eigenvalue weighted by atomic mass is 15.3. The topological polar surface area (TPSA) is 66.0 Å². The number of benzene rings is 2. The third-order valence-corrected chi connectivity index (χ3v) is 4.30. The molecule has 0 saturated heterocycles. The van der Waals surface area contributed by atoms with E-state index < -0.39 is 0 Å². The summed E-state index contributed by atoms with van der Waals surface area (Å²) in [4.78, 5) is 4.76. The van der Waals surface area contributed by atoms with Crippen LogP contribution in [0.5, 0.6) is 0 Å². The number of hydrogen-bond donors (Lipinski definition) is 1. The van der Waals surface area contributed by atoms with Crippen LogP contribution in [-0.4, -0.2) is 14.6 Å². The van der Waals surface area contributed by atoms with Gasteiger partial charge in [0.15, 0.2) is 5.65 Å². The van der Waals surface area contributed by atoms with Crippen molar-refractivity contribution < 1.29 is 0 Å². The lowest BCUT2D eigenvalue weighted by molar-refractivity contribution is 0.873. The lowest BCUT2D eigenvalue weighted by atomic mass is 10.1. The number of nitrogens with zero attached hydrogens (tertiary/aromatic N) is 4. The van der Waals surface area contributed by atoms with Crippen LogP contribution < -0.4 is 5.32 Å². The van der Waals surface area contributed by atoms with E-state index in [0.717, 1.165) is 33.6 Å². The van der Waals surface area contributed by atoms with E-state index in [1.165, 1.54) is 0 Å². The van der Waals surface area contributed by atoms with Crippen molar-refractivity contribution in [3.63, 3.8) is 0 Å². The average molecular weight is 327 g/mol. The van der Waals surface area contributed by atoms with E-state index in [4.69, 9.17) is 10.2 Å². The lowest BCUT2D eigenvalue weighted by Crippen LogP contribution is -2.09. The Balaban J connectivity index is 1.81. The largest absolute Gasteiger partial charge is 0.363 e. The van der Waals surface area contributed by atoms with Crippen LogP contribution in [0.1, 0.15) is 29.8 Å². The van der Waals surface area contributed by atoms with Crippen LogP contribution in [0.3, 0.4) is 0 Å². The van der Waals surface area contributed by atoms with Crippen molar-refractivity contribution in [1.82, 2.24) is 14.6 Å². The molecule has 0 aliphatic heterocycles. The van der Waals surface area contributed by atoms with Gasteiger partial charge in [0.1, 0.15) is 5.82 Å². The highest BCUT2D eigenvalue weighted by Crippen LogP contribution is 2.27. The van der Waals surface area contributed by atoms with Crippen LogP contribution in [-0.2, 0) is 0 Å². The number of para-hydroxylation sites is 1.